The molecule has 2 aromatic heterocycles. The van der Waals surface area contributed by atoms with Gasteiger partial charge in [-0.3, -0.25) is 14.6 Å². The van der Waals surface area contributed by atoms with Crippen molar-refractivity contribution in [3.8, 4) is 0 Å². The van der Waals surface area contributed by atoms with E-state index < -0.39 is 0 Å². The molecule has 7 heteroatoms. The van der Waals surface area contributed by atoms with Gasteiger partial charge < -0.3 is 13.7 Å². The molecule has 1 aliphatic heterocycles. The van der Waals surface area contributed by atoms with Crippen LogP contribution >= 0.6 is 0 Å². The number of carbonyl (C=O) groups is 1. The summed E-state index contributed by atoms with van der Waals surface area (Å²) in [4.78, 5) is 23.8. The van der Waals surface area contributed by atoms with Gasteiger partial charge >= 0.3 is 0 Å². The maximum Gasteiger partial charge on any atom is 0.275 e. The van der Waals surface area contributed by atoms with Gasteiger partial charge in [-0.05, 0) is 18.9 Å². The van der Waals surface area contributed by atoms with Gasteiger partial charge in [-0.2, -0.15) is 0 Å². The molecular weight excluding hydrogens is 356 g/mol. The van der Waals surface area contributed by atoms with Crippen LogP contribution in [0.5, 0.6) is 0 Å². The van der Waals surface area contributed by atoms with Crippen molar-refractivity contribution in [2.75, 3.05) is 33.2 Å². The topological polar surface area (TPSA) is 66.0 Å². The van der Waals surface area contributed by atoms with Gasteiger partial charge in [-0.15, -0.1) is 0 Å². The van der Waals surface area contributed by atoms with E-state index in [1.165, 1.54) is 31.1 Å². The van der Waals surface area contributed by atoms with Crippen LogP contribution in [0.3, 0.4) is 0 Å². The van der Waals surface area contributed by atoms with E-state index in [0.717, 1.165) is 45.6 Å². The van der Waals surface area contributed by atoms with Crippen LogP contribution in [0.1, 0.15) is 54.0 Å². The van der Waals surface area contributed by atoms with E-state index in [0.29, 0.717) is 24.2 Å². The molecule has 0 N–H and O–H groups in total. The van der Waals surface area contributed by atoms with Crippen LogP contribution in [-0.4, -0.2) is 64.9 Å². The van der Waals surface area contributed by atoms with Gasteiger partial charge in [0.2, 0.25) is 5.89 Å². The molecule has 1 saturated heterocycles. The highest BCUT2D eigenvalue weighted by atomic mass is 16.3. The summed E-state index contributed by atoms with van der Waals surface area (Å²) in [6.45, 7) is 5.51. The van der Waals surface area contributed by atoms with Gasteiger partial charge in [0.05, 0.1) is 19.1 Å². The number of carbonyl (C=O) groups excluding carboxylic acids is 1. The summed E-state index contributed by atoms with van der Waals surface area (Å²) >= 11 is 0. The Morgan fingerprint density at radius 2 is 1.82 bits per heavy atom. The molecule has 3 heterocycles. The Labute approximate surface area is 166 Å². The first-order valence-corrected chi connectivity index (χ1v) is 10.4. The van der Waals surface area contributed by atoms with E-state index >= 15 is 0 Å². The third kappa shape index (κ3) is 4.64. The third-order valence-corrected chi connectivity index (χ3v) is 6.02. The highest BCUT2D eigenvalue weighted by Gasteiger charge is 2.26. The highest BCUT2D eigenvalue weighted by molar-refractivity contribution is 5.92. The third-order valence-electron chi connectivity index (χ3n) is 6.02. The Balaban J connectivity index is 1.26. The highest BCUT2D eigenvalue weighted by Crippen LogP contribution is 2.23. The largest absolute Gasteiger partial charge is 0.472 e. The monoisotopic (exact) mass is 386 g/mol. The predicted molar refractivity (Wildman–Crippen MR) is 105 cm³/mol. The number of piperazine rings is 1. The van der Waals surface area contributed by atoms with Gasteiger partial charge in [-0.25, -0.2) is 4.98 Å². The second-order valence-corrected chi connectivity index (χ2v) is 8.02. The Morgan fingerprint density at radius 3 is 2.50 bits per heavy atom. The van der Waals surface area contributed by atoms with Crippen molar-refractivity contribution in [3.63, 3.8) is 0 Å². The molecule has 0 bridgehead atoms. The van der Waals surface area contributed by atoms with E-state index in [9.17, 15) is 4.79 Å². The number of rotatable bonds is 6. The number of amides is 1. The molecule has 28 heavy (non-hydrogen) atoms. The Hall–Kier alpha value is -2.12. The van der Waals surface area contributed by atoms with Crippen molar-refractivity contribution in [3.05, 3.63) is 42.0 Å². The Bertz CT molecular complexity index is 744. The van der Waals surface area contributed by atoms with Gasteiger partial charge in [-0.1, -0.05) is 19.3 Å². The summed E-state index contributed by atoms with van der Waals surface area (Å²) < 4.78 is 10.8. The van der Waals surface area contributed by atoms with Crippen molar-refractivity contribution in [1.29, 1.82) is 0 Å². The molecule has 0 aromatic carbocycles. The summed E-state index contributed by atoms with van der Waals surface area (Å²) in [5, 5.41) is 0. The maximum absolute atomic E-state index is 12.7. The first-order chi connectivity index (χ1) is 13.7. The van der Waals surface area contributed by atoms with E-state index in [1.807, 2.05) is 24.3 Å². The average Bonchev–Trinajstić information content (AvgIpc) is 3.41. The SMILES string of the molecule is CN(C(=O)c1coc(CN2CCN(Cc3ccoc3)CC2)n1)C1CCCCC1. The standard InChI is InChI=1S/C21H30N4O3/c1-23(18-5-3-2-4-6-18)21(26)19-16-28-20(22-19)14-25-10-8-24(9-11-25)13-17-7-12-27-15-17/h7,12,15-16,18H,2-6,8-11,13-14H2,1H3. The van der Waals surface area contributed by atoms with Crippen LogP contribution in [-0.2, 0) is 13.1 Å². The molecule has 4 rings (SSSR count). The molecule has 152 valence electrons. The van der Waals surface area contributed by atoms with Crippen LogP contribution < -0.4 is 0 Å². The molecule has 0 spiro atoms. The molecule has 0 atom stereocenters. The zero-order valence-electron chi connectivity index (χ0n) is 16.7. The van der Waals surface area contributed by atoms with E-state index in [1.54, 1.807) is 6.26 Å². The van der Waals surface area contributed by atoms with Crippen molar-refractivity contribution < 1.29 is 13.6 Å². The molecule has 1 amide bonds. The number of nitrogens with zero attached hydrogens (tertiary/aromatic N) is 4. The Morgan fingerprint density at radius 1 is 1.11 bits per heavy atom. The van der Waals surface area contributed by atoms with Crippen LogP contribution in [0.25, 0.3) is 0 Å². The maximum atomic E-state index is 12.7. The van der Waals surface area contributed by atoms with Crippen LogP contribution in [0, 0.1) is 0 Å². The minimum Gasteiger partial charge on any atom is -0.472 e. The average molecular weight is 386 g/mol. The summed E-state index contributed by atoms with van der Waals surface area (Å²) in [5.74, 6) is 0.607. The molecule has 7 nitrogen and oxygen atoms in total. The molecular formula is C21H30N4O3. The van der Waals surface area contributed by atoms with Gasteiger partial charge in [0.15, 0.2) is 5.69 Å². The molecule has 2 aliphatic rings. The van der Waals surface area contributed by atoms with Crippen molar-refractivity contribution in [2.45, 2.75) is 51.2 Å². The quantitative estimate of drug-likeness (QED) is 0.760. The summed E-state index contributed by atoms with van der Waals surface area (Å²) in [5.41, 5.74) is 1.65. The summed E-state index contributed by atoms with van der Waals surface area (Å²) in [6.07, 6.45) is 10.9. The van der Waals surface area contributed by atoms with Crippen LogP contribution in [0.4, 0.5) is 0 Å². The lowest BCUT2D eigenvalue weighted by Crippen LogP contribution is -2.45. The molecule has 0 radical (unpaired) electrons. The fourth-order valence-corrected chi connectivity index (χ4v) is 4.23. The first kappa shape index (κ1) is 19.2. The van der Waals surface area contributed by atoms with Gasteiger partial charge in [0.25, 0.3) is 5.91 Å². The summed E-state index contributed by atoms with van der Waals surface area (Å²) in [6, 6.07) is 2.35. The van der Waals surface area contributed by atoms with Gasteiger partial charge in [0, 0.05) is 51.4 Å². The summed E-state index contributed by atoms with van der Waals surface area (Å²) in [7, 11) is 1.89. The van der Waals surface area contributed by atoms with Crippen molar-refractivity contribution >= 4 is 5.91 Å². The number of hydrogen-bond donors (Lipinski definition) is 0. The fourth-order valence-electron chi connectivity index (χ4n) is 4.23. The molecule has 2 aromatic rings. The normalized spacial score (nSPS) is 19.8. The predicted octanol–water partition coefficient (Wildman–Crippen LogP) is 2.99. The molecule has 2 fully saturated rings. The second kappa shape index (κ2) is 8.92. The van der Waals surface area contributed by atoms with Gasteiger partial charge in [0.1, 0.15) is 6.26 Å². The molecule has 1 saturated carbocycles. The fraction of sp³-hybridized carbons (Fsp3) is 0.619. The number of aromatic nitrogens is 1. The number of oxazole rings is 1. The zero-order valence-corrected chi connectivity index (χ0v) is 16.7. The minimum atomic E-state index is -0.0215. The lowest BCUT2D eigenvalue weighted by Gasteiger charge is -2.33. The molecule has 0 unspecified atom stereocenters. The zero-order chi connectivity index (χ0) is 19.3. The smallest absolute Gasteiger partial charge is 0.275 e. The molecule has 1 aliphatic carbocycles. The van der Waals surface area contributed by atoms with E-state index in [-0.39, 0.29) is 5.91 Å². The van der Waals surface area contributed by atoms with Crippen molar-refractivity contribution in [2.24, 2.45) is 0 Å². The second-order valence-electron chi connectivity index (χ2n) is 8.02. The first-order valence-electron chi connectivity index (χ1n) is 10.4. The van der Waals surface area contributed by atoms with E-state index in [2.05, 4.69) is 14.8 Å². The minimum absolute atomic E-state index is 0.0215. The number of furan rings is 1. The lowest BCUT2D eigenvalue weighted by molar-refractivity contribution is 0.0690. The van der Waals surface area contributed by atoms with E-state index in [4.69, 9.17) is 8.83 Å². The Kier molecular flexibility index (Phi) is 6.12. The van der Waals surface area contributed by atoms with Crippen LogP contribution in [0.15, 0.2) is 33.7 Å². The number of hydrogen-bond acceptors (Lipinski definition) is 6. The van der Waals surface area contributed by atoms with Crippen molar-refractivity contribution in [1.82, 2.24) is 19.7 Å². The lowest BCUT2D eigenvalue weighted by atomic mass is 9.94. The van der Waals surface area contributed by atoms with Crippen LogP contribution in [0.2, 0.25) is 0 Å².